The number of thioether (sulfide) groups is 1. The Kier molecular flexibility index (Phi) is 5.47. The molecule has 3 aliphatic rings. The van der Waals surface area contributed by atoms with Gasteiger partial charge in [0.2, 0.25) is 11.8 Å². The predicted octanol–water partition coefficient (Wildman–Crippen LogP) is 1.50. The summed E-state index contributed by atoms with van der Waals surface area (Å²) in [6.45, 7) is 2.79. The number of piperazine rings is 1. The smallest absolute Gasteiger partial charge is 0.233 e. The summed E-state index contributed by atoms with van der Waals surface area (Å²) >= 11 is 1.36. The molecule has 2 amide bonds. The largest absolute Gasteiger partial charge is 0.485 e. The number of hydrogen-bond donors (Lipinski definition) is 0. The second-order valence-electron chi connectivity index (χ2n) is 8.03. The lowest BCUT2D eigenvalue weighted by Gasteiger charge is -2.34. The highest BCUT2D eigenvalue weighted by Gasteiger charge is 2.35. The number of ether oxygens (including phenoxy) is 2. The van der Waals surface area contributed by atoms with E-state index < -0.39 is 0 Å². The highest BCUT2D eigenvalue weighted by Crippen LogP contribution is 2.36. The monoisotopic (exact) mass is 443 g/mol. The van der Waals surface area contributed by atoms with Crippen LogP contribution in [0, 0.1) is 5.92 Å². The van der Waals surface area contributed by atoms with E-state index in [1.54, 1.807) is 0 Å². The molecule has 0 bridgehead atoms. The first kappa shape index (κ1) is 20.2. The summed E-state index contributed by atoms with van der Waals surface area (Å²) in [4.78, 5) is 28.5. The van der Waals surface area contributed by atoms with Crippen molar-refractivity contribution in [2.75, 3.05) is 38.5 Å². The van der Waals surface area contributed by atoms with Gasteiger partial charge in [-0.3, -0.25) is 9.59 Å². The van der Waals surface area contributed by atoms with Gasteiger partial charge in [-0.2, -0.15) is 0 Å². The summed E-state index contributed by atoms with van der Waals surface area (Å²) in [5.74, 6) is 2.90. The molecule has 5 rings (SSSR count). The molecule has 1 aliphatic carbocycles. The number of nitrogens with zero attached hydrogens (tertiary/aromatic N) is 5. The van der Waals surface area contributed by atoms with E-state index in [0.29, 0.717) is 49.5 Å². The number of fused-ring (bicyclic) bond motifs is 1. The van der Waals surface area contributed by atoms with Gasteiger partial charge in [0.15, 0.2) is 28.6 Å². The summed E-state index contributed by atoms with van der Waals surface area (Å²) in [5.41, 5.74) is 0. The molecule has 31 heavy (non-hydrogen) atoms. The normalized spacial score (nSPS) is 20.6. The average Bonchev–Trinajstić information content (AvgIpc) is 3.60. The Bertz CT molecular complexity index is 984. The minimum absolute atomic E-state index is 0.0549. The molecule has 1 unspecified atom stereocenters. The molecule has 164 valence electrons. The first-order valence-electron chi connectivity index (χ1n) is 10.6. The van der Waals surface area contributed by atoms with E-state index in [2.05, 4.69) is 10.2 Å². The van der Waals surface area contributed by atoms with Crippen LogP contribution in [0.3, 0.4) is 0 Å². The Morgan fingerprint density at radius 3 is 2.52 bits per heavy atom. The van der Waals surface area contributed by atoms with Crippen LogP contribution in [0.25, 0.3) is 0 Å². The van der Waals surface area contributed by atoms with Gasteiger partial charge in [0.05, 0.1) is 5.75 Å². The number of carbonyl (C=O) groups is 2. The summed E-state index contributed by atoms with van der Waals surface area (Å²) in [6.07, 6.45) is 1.67. The first-order chi connectivity index (χ1) is 15.1. The van der Waals surface area contributed by atoms with Gasteiger partial charge < -0.3 is 23.8 Å². The van der Waals surface area contributed by atoms with Crippen molar-refractivity contribution < 1.29 is 19.1 Å². The van der Waals surface area contributed by atoms with Gasteiger partial charge in [-0.15, -0.1) is 10.2 Å². The Balaban J connectivity index is 1.14. The van der Waals surface area contributed by atoms with Gasteiger partial charge in [-0.25, -0.2) is 0 Å². The minimum Gasteiger partial charge on any atom is -0.485 e. The quantitative estimate of drug-likeness (QED) is 0.647. The van der Waals surface area contributed by atoms with E-state index >= 15 is 0 Å². The number of benzene rings is 1. The van der Waals surface area contributed by atoms with Gasteiger partial charge in [-0.1, -0.05) is 23.9 Å². The van der Waals surface area contributed by atoms with Crippen molar-refractivity contribution in [2.24, 2.45) is 13.0 Å². The van der Waals surface area contributed by atoms with Crippen LogP contribution in [-0.2, 0) is 16.6 Å². The molecule has 2 aliphatic heterocycles. The Labute approximate surface area is 184 Å². The van der Waals surface area contributed by atoms with Gasteiger partial charge in [-0.05, 0) is 25.0 Å². The molecule has 0 N–H and O–H groups in total. The number of rotatable bonds is 5. The lowest BCUT2D eigenvalue weighted by molar-refractivity contribution is -0.139. The maximum atomic E-state index is 12.7. The summed E-state index contributed by atoms with van der Waals surface area (Å²) in [6, 6.07) is 7.54. The SMILES string of the molecule is Cn1c(SCC(=O)N2CCN(C(=O)C3CC3)CC2)nnc1C1COc2ccccc2O1. The maximum absolute atomic E-state index is 12.7. The van der Waals surface area contributed by atoms with E-state index in [-0.39, 0.29) is 29.6 Å². The van der Waals surface area contributed by atoms with Gasteiger partial charge in [0, 0.05) is 39.1 Å². The van der Waals surface area contributed by atoms with Crippen LogP contribution in [0.15, 0.2) is 29.4 Å². The molecule has 9 nitrogen and oxygen atoms in total. The molecule has 2 fully saturated rings. The zero-order valence-electron chi connectivity index (χ0n) is 17.4. The second-order valence-corrected chi connectivity index (χ2v) is 8.98. The fourth-order valence-electron chi connectivity index (χ4n) is 3.86. The van der Waals surface area contributed by atoms with Crippen LogP contribution < -0.4 is 9.47 Å². The fourth-order valence-corrected chi connectivity index (χ4v) is 4.68. The van der Waals surface area contributed by atoms with Crippen molar-refractivity contribution in [3.05, 3.63) is 30.1 Å². The van der Waals surface area contributed by atoms with E-state index in [4.69, 9.17) is 9.47 Å². The minimum atomic E-state index is -0.352. The third-order valence-corrected chi connectivity index (χ3v) is 6.87. The molecular formula is C21H25N5O4S. The summed E-state index contributed by atoms with van der Waals surface area (Å²) in [5, 5.41) is 9.18. The van der Waals surface area contributed by atoms with Crippen molar-refractivity contribution in [1.29, 1.82) is 0 Å². The Morgan fingerprint density at radius 1 is 1.06 bits per heavy atom. The van der Waals surface area contributed by atoms with Crippen molar-refractivity contribution in [1.82, 2.24) is 24.6 Å². The lowest BCUT2D eigenvalue weighted by atomic mass is 10.2. The van der Waals surface area contributed by atoms with Crippen molar-refractivity contribution >= 4 is 23.6 Å². The molecule has 1 aromatic carbocycles. The average molecular weight is 444 g/mol. The predicted molar refractivity (Wildman–Crippen MR) is 113 cm³/mol. The molecular weight excluding hydrogens is 418 g/mol. The number of hydrogen-bond acceptors (Lipinski definition) is 7. The number of amides is 2. The van der Waals surface area contributed by atoms with E-state index in [0.717, 1.165) is 18.6 Å². The molecule has 1 saturated carbocycles. The van der Waals surface area contributed by atoms with Crippen molar-refractivity contribution in [3.63, 3.8) is 0 Å². The second kappa shape index (κ2) is 8.41. The van der Waals surface area contributed by atoms with Crippen LogP contribution in [0.4, 0.5) is 0 Å². The highest BCUT2D eigenvalue weighted by molar-refractivity contribution is 7.99. The lowest BCUT2D eigenvalue weighted by Crippen LogP contribution is -2.51. The van der Waals surface area contributed by atoms with Crippen molar-refractivity contribution in [2.45, 2.75) is 24.1 Å². The Hall–Kier alpha value is -2.75. The van der Waals surface area contributed by atoms with Crippen LogP contribution in [0.5, 0.6) is 11.5 Å². The number of aromatic nitrogens is 3. The molecule has 1 saturated heterocycles. The standard InChI is InChI=1S/C21H25N5O4S/c1-24-19(17-12-29-15-4-2-3-5-16(15)30-17)22-23-21(24)31-13-18(27)25-8-10-26(11-9-25)20(28)14-6-7-14/h2-5,14,17H,6-13H2,1H3. The number of para-hydroxylation sites is 2. The van der Waals surface area contributed by atoms with Crippen molar-refractivity contribution in [3.8, 4) is 11.5 Å². The molecule has 3 heterocycles. The molecule has 0 spiro atoms. The van der Waals surface area contributed by atoms with Gasteiger partial charge in [0.25, 0.3) is 0 Å². The maximum Gasteiger partial charge on any atom is 0.233 e. The Morgan fingerprint density at radius 2 is 1.77 bits per heavy atom. The third-order valence-electron chi connectivity index (χ3n) is 5.86. The van der Waals surface area contributed by atoms with E-state index in [1.807, 2.05) is 45.7 Å². The van der Waals surface area contributed by atoms with Crippen LogP contribution in [0.2, 0.25) is 0 Å². The zero-order valence-corrected chi connectivity index (χ0v) is 18.2. The van der Waals surface area contributed by atoms with E-state index in [1.165, 1.54) is 11.8 Å². The number of carbonyl (C=O) groups excluding carboxylic acids is 2. The summed E-state index contributed by atoms with van der Waals surface area (Å²) in [7, 11) is 1.87. The summed E-state index contributed by atoms with van der Waals surface area (Å²) < 4.78 is 13.6. The molecule has 2 aromatic rings. The molecule has 10 heteroatoms. The van der Waals surface area contributed by atoms with Crippen LogP contribution >= 0.6 is 11.8 Å². The van der Waals surface area contributed by atoms with E-state index in [9.17, 15) is 9.59 Å². The molecule has 1 aromatic heterocycles. The van der Waals surface area contributed by atoms with Gasteiger partial charge in [0.1, 0.15) is 6.61 Å². The highest BCUT2D eigenvalue weighted by atomic mass is 32.2. The zero-order chi connectivity index (χ0) is 21.4. The topological polar surface area (TPSA) is 89.8 Å². The van der Waals surface area contributed by atoms with Gasteiger partial charge >= 0.3 is 0 Å². The molecule has 0 radical (unpaired) electrons. The fraction of sp³-hybridized carbons (Fsp3) is 0.524. The third kappa shape index (κ3) is 4.21. The van der Waals surface area contributed by atoms with Crippen LogP contribution in [0.1, 0.15) is 24.8 Å². The van der Waals surface area contributed by atoms with Crippen LogP contribution in [-0.4, -0.2) is 74.9 Å². The molecule has 1 atom stereocenters. The first-order valence-corrected chi connectivity index (χ1v) is 11.6.